The average Bonchev–Trinajstić information content (AvgIpc) is 2.96. The number of hydrogen-bond donors (Lipinski definition) is 1. The number of ether oxygens (including phenoxy) is 1. The predicted molar refractivity (Wildman–Crippen MR) is 81.0 cm³/mol. The van der Waals surface area contributed by atoms with Crippen LogP contribution < -0.4 is 10.6 Å². The second kappa shape index (κ2) is 5.52. The van der Waals surface area contributed by atoms with E-state index < -0.39 is 5.60 Å². The molecule has 3 heterocycles. The fraction of sp³-hybridized carbons (Fsp3) is 0.600. The molecular formula is C15H22N4O2. The number of nitrogens with two attached hydrogens (primary N) is 1. The minimum Gasteiger partial charge on any atom is -0.397 e. The van der Waals surface area contributed by atoms with Crippen LogP contribution in [0.4, 0.5) is 11.5 Å². The molecule has 3 rings (SSSR count). The van der Waals surface area contributed by atoms with Gasteiger partial charge in [0.2, 0.25) is 0 Å². The van der Waals surface area contributed by atoms with Gasteiger partial charge in [0.25, 0.3) is 5.91 Å². The number of carbonyl (C=O) groups is 1. The molecule has 1 amide bonds. The lowest BCUT2D eigenvalue weighted by atomic mass is 10.0. The smallest absolute Gasteiger partial charge is 0.254 e. The Bertz CT molecular complexity index is 503. The predicted octanol–water partition coefficient (Wildman–Crippen LogP) is 0.881. The van der Waals surface area contributed by atoms with Gasteiger partial charge in [0.15, 0.2) is 0 Å². The highest BCUT2D eigenvalue weighted by Gasteiger charge is 2.41. The maximum absolute atomic E-state index is 12.6. The molecule has 2 saturated heterocycles. The first-order valence-electron chi connectivity index (χ1n) is 7.48. The number of hydrogen-bond acceptors (Lipinski definition) is 5. The van der Waals surface area contributed by atoms with E-state index in [1.54, 1.807) is 6.20 Å². The third kappa shape index (κ3) is 2.81. The lowest BCUT2D eigenvalue weighted by molar-refractivity contribution is -0.151. The number of rotatable bonds is 2. The zero-order chi connectivity index (χ0) is 14.9. The van der Waals surface area contributed by atoms with E-state index in [-0.39, 0.29) is 5.91 Å². The van der Waals surface area contributed by atoms with Gasteiger partial charge in [0.05, 0.1) is 11.9 Å². The van der Waals surface area contributed by atoms with Crippen LogP contribution in [0.15, 0.2) is 18.3 Å². The number of carbonyl (C=O) groups excluding carboxylic acids is 1. The summed E-state index contributed by atoms with van der Waals surface area (Å²) in [6.45, 7) is 5.61. The zero-order valence-electron chi connectivity index (χ0n) is 12.4. The molecule has 1 atom stereocenters. The van der Waals surface area contributed by atoms with Crippen LogP contribution in [0.2, 0.25) is 0 Å². The fourth-order valence-electron chi connectivity index (χ4n) is 3.01. The van der Waals surface area contributed by atoms with Gasteiger partial charge in [-0.1, -0.05) is 0 Å². The van der Waals surface area contributed by atoms with E-state index in [0.717, 1.165) is 31.7 Å². The van der Waals surface area contributed by atoms with Gasteiger partial charge in [-0.2, -0.15) is 0 Å². The zero-order valence-corrected chi connectivity index (χ0v) is 12.4. The Hall–Kier alpha value is -1.82. The Balaban J connectivity index is 1.60. The fourth-order valence-corrected chi connectivity index (χ4v) is 3.01. The van der Waals surface area contributed by atoms with Crippen molar-refractivity contribution in [1.82, 2.24) is 9.88 Å². The van der Waals surface area contributed by atoms with Gasteiger partial charge in [0, 0.05) is 32.8 Å². The van der Waals surface area contributed by atoms with E-state index in [1.165, 1.54) is 0 Å². The van der Waals surface area contributed by atoms with Crippen molar-refractivity contribution in [2.75, 3.05) is 43.4 Å². The molecule has 2 aliphatic heterocycles. The lowest BCUT2D eigenvalue weighted by Crippen LogP contribution is -2.55. The van der Waals surface area contributed by atoms with E-state index in [9.17, 15) is 4.79 Å². The van der Waals surface area contributed by atoms with Crippen LogP contribution in [0.1, 0.15) is 19.8 Å². The van der Waals surface area contributed by atoms with Crippen molar-refractivity contribution in [3.05, 3.63) is 18.3 Å². The van der Waals surface area contributed by atoms with Crippen molar-refractivity contribution in [2.24, 2.45) is 0 Å². The van der Waals surface area contributed by atoms with E-state index in [2.05, 4.69) is 9.88 Å². The molecule has 0 aliphatic carbocycles. The first kappa shape index (κ1) is 14.1. The van der Waals surface area contributed by atoms with E-state index in [1.807, 2.05) is 24.0 Å². The minimum absolute atomic E-state index is 0.130. The Morgan fingerprint density at radius 1 is 1.33 bits per heavy atom. The Kier molecular flexibility index (Phi) is 3.71. The standard InChI is InChI=1S/C15H22N4O2/c1-15(5-2-10-21-15)14(20)19-8-6-18(7-9-19)13-4-3-12(16)11-17-13/h3-4,11H,2,5-10,16H2,1H3. The van der Waals surface area contributed by atoms with Crippen molar-refractivity contribution in [3.63, 3.8) is 0 Å². The van der Waals surface area contributed by atoms with Gasteiger partial charge in [-0.15, -0.1) is 0 Å². The van der Waals surface area contributed by atoms with Crippen molar-refractivity contribution in [2.45, 2.75) is 25.4 Å². The van der Waals surface area contributed by atoms with Crippen LogP contribution >= 0.6 is 0 Å². The summed E-state index contributed by atoms with van der Waals surface area (Å²) in [5, 5.41) is 0. The number of nitrogen functional groups attached to an aromatic ring is 1. The molecule has 21 heavy (non-hydrogen) atoms. The number of nitrogens with zero attached hydrogens (tertiary/aromatic N) is 3. The van der Waals surface area contributed by atoms with Crippen LogP contribution in [-0.2, 0) is 9.53 Å². The quantitative estimate of drug-likeness (QED) is 0.875. The summed E-state index contributed by atoms with van der Waals surface area (Å²) in [5.41, 5.74) is 5.71. The summed E-state index contributed by atoms with van der Waals surface area (Å²) >= 11 is 0. The number of anilines is 2. The number of aromatic nitrogens is 1. The molecule has 0 spiro atoms. The summed E-state index contributed by atoms with van der Waals surface area (Å²) in [5.74, 6) is 1.05. The molecular weight excluding hydrogens is 268 g/mol. The maximum atomic E-state index is 12.6. The van der Waals surface area contributed by atoms with Crippen molar-refractivity contribution in [3.8, 4) is 0 Å². The highest BCUT2D eigenvalue weighted by molar-refractivity contribution is 5.85. The molecule has 2 aliphatic rings. The minimum atomic E-state index is -0.610. The number of amides is 1. The Labute approximate surface area is 124 Å². The Morgan fingerprint density at radius 2 is 2.10 bits per heavy atom. The molecule has 2 fully saturated rings. The van der Waals surface area contributed by atoms with E-state index in [0.29, 0.717) is 25.4 Å². The summed E-state index contributed by atoms with van der Waals surface area (Å²) in [6, 6.07) is 3.78. The molecule has 0 radical (unpaired) electrons. The molecule has 1 aromatic rings. The Morgan fingerprint density at radius 3 is 2.67 bits per heavy atom. The average molecular weight is 290 g/mol. The van der Waals surface area contributed by atoms with Gasteiger partial charge >= 0.3 is 0 Å². The molecule has 114 valence electrons. The molecule has 2 N–H and O–H groups in total. The molecule has 0 bridgehead atoms. The highest BCUT2D eigenvalue weighted by atomic mass is 16.5. The lowest BCUT2D eigenvalue weighted by Gasteiger charge is -2.38. The van der Waals surface area contributed by atoms with E-state index in [4.69, 9.17) is 10.5 Å². The van der Waals surface area contributed by atoms with Gasteiger partial charge in [0.1, 0.15) is 11.4 Å². The van der Waals surface area contributed by atoms with Crippen LogP contribution in [0, 0.1) is 0 Å². The van der Waals surface area contributed by atoms with Crippen LogP contribution in [0.5, 0.6) is 0 Å². The maximum Gasteiger partial charge on any atom is 0.254 e. The van der Waals surface area contributed by atoms with Gasteiger partial charge in [-0.25, -0.2) is 4.98 Å². The van der Waals surface area contributed by atoms with E-state index >= 15 is 0 Å². The normalized spacial score (nSPS) is 26.1. The first-order chi connectivity index (χ1) is 10.1. The summed E-state index contributed by atoms with van der Waals surface area (Å²) in [6.07, 6.45) is 3.46. The largest absolute Gasteiger partial charge is 0.397 e. The molecule has 6 heteroatoms. The highest BCUT2D eigenvalue weighted by Crippen LogP contribution is 2.28. The number of piperazine rings is 1. The van der Waals surface area contributed by atoms with Crippen molar-refractivity contribution in [1.29, 1.82) is 0 Å². The SMILES string of the molecule is CC1(C(=O)N2CCN(c3ccc(N)cn3)CC2)CCCO1. The number of pyridine rings is 1. The molecule has 1 aromatic heterocycles. The second-order valence-electron chi connectivity index (χ2n) is 5.91. The molecule has 1 unspecified atom stereocenters. The first-order valence-corrected chi connectivity index (χ1v) is 7.48. The van der Waals surface area contributed by atoms with Crippen LogP contribution in [0.25, 0.3) is 0 Å². The molecule has 0 aromatic carbocycles. The molecule has 0 saturated carbocycles. The van der Waals surface area contributed by atoms with Gasteiger partial charge in [-0.3, -0.25) is 4.79 Å². The monoisotopic (exact) mass is 290 g/mol. The van der Waals surface area contributed by atoms with Crippen molar-refractivity contribution >= 4 is 17.4 Å². The third-order valence-corrected chi connectivity index (χ3v) is 4.33. The van der Waals surface area contributed by atoms with Crippen LogP contribution in [0.3, 0.4) is 0 Å². The van der Waals surface area contributed by atoms with Gasteiger partial charge in [-0.05, 0) is 31.9 Å². The van der Waals surface area contributed by atoms with Crippen LogP contribution in [-0.4, -0.2) is 54.2 Å². The summed E-state index contributed by atoms with van der Waals surface area (Å²) < 4.78 is 5.65. The summed E-state index contributed by atoms with van der Waals surface area (Å²) in [7, 11) is 0. The molecule has 6 nitrogen and oxygen atoms in total. The second-order valence-corrected chi connectivity index (χ2v) is 5.91. The summed E-state index contributed by atoms with van der Waals surface area (Å²) in [4.78, 5) is 21.0. The van der Waals surface area contributed by atoms with Gasteiger partial charge < -0.3 is 20.3 Å². The third-order valence-electron chi connectivity index (χ3n) is 4.33. The topological polar surface area (TPSA) is 71.7 Å². The van der Waals surface area contributed by atoms with Crippen molar-refractivity contribution < 1.29 is 9.53 Å².